The summed E-state index contributed by atoms with van der Waals surface area (Å²) in [4.78, 5) is 26.9. The maximum absolute atomic E-state index is 12.6. The Morgan fingerprint density at radius 2 is 1.96 bits per heavy atom. The van der Waals surface area contributed by atoms with Gasteiger partial charge in [-0.2, -0.15) is 0 Å². The molecule has 0 saturated carbocycles. The summed E-state index contributed by atoms with van der Waals surface area (Å²) in [6, 6.07) is 6.89. The van der Waals surface area contributed by atoms with Crippen LogP contribution in [0.1, 0.15) is 23.7 Å². The quantitative estimate of drug-likeness (QED) is 0.704. The summed E-state index contributed by atoms with van der Waals surface area (Å²) in [6.45, 7) is 7.48. The van der Waals surface area contributed by atoms with Crippen LogP contribution in [0.3, 0.4) is 0 Å². The molecule has 1 aromatic carbocycles. The molecule has 2 N–H and O–H groups in total. The second-order valence-corrected chi connectivity index (χ2v) is 6.48. The van der Waals surface area contributed by atoms with Crippen LogP contribution < -0.4 is 10.6 Å². The molecule has 142 valence electrons. The summed E-state index contributed by atoms with van der Waals surface area (Å²) < 4.78 is 1.77. The van der Waals surface area contributed by atoms with E-state index in [0.29, 0.717) is 31.6 Å². The highest BCUT2D eigenvalue weighted by atomic mass is 16.2. The van der Waals surface area contributed by atoms with E-state index in [9.17, 15) is 9.59 Å². The minimum atomic E-state index is -0.246. The summed E-state index contributed by atoms with van der Waals surface area (Å²) in [5.41, 5.74) is 1.45. The van der Waals surface area contributed by atoms with Crippen LogP contribution in [0.15, 0.2) is 49.6 Å². The number of amides is 2. The Hall–Kier alpha value is -3.00. The molecule has 3 rings (SSSR count). The third kappa shape index (κ3) is 4.40. The Bertz CT molecular complexity index is 787. The maximum atomic E-state index is 12.6. The number of likely N-dealkylation sites (N-methyl/N-ethyl adjacent to an activating group) is 1. The molecule has 1 aromatic heterocycles. The summed E-state index contributed by atoms with van der Waals surface area (Å²) in [6.07, 6.45) is 5.57. The van der Waals surface area contributed by atoms with Crippen molar-refractivity contribution in [2.45, 2.75) is 25.4 Å². The Morgan fingerprint density at radius 1 is 1.26 bits per heavy atom. The number of carbonyl (C=O) groups is 2. The van der Waals surface area contributed by atoms with Crippen LogP contribution in [0.25, 0.3) is 5.69 Å². The molecule has 1 aliphatic rings. The zero-order valence-corrected chi connectivity index (χ0v) is 15.3. The average molecular weight is 368 g/mol. The number of nitrogens with zero attached hydrogens (tertiary/aromatic N) is 4. The third-order valence-corrected chi connectivity index (χ3v) is 4.60. The Labute approximate surface area is 158 Å². The largest absolute Gasteiger partial charge is 0.355 e. The van der Waals surface area contributed by atoms with Gasteiger partial charge in [-0.05, 0) is 37.6 Å². The molecule has 0 spiro atoms. The maximum Gasteiger partial charge on any atom is 0.251 e. The van der Waals surface area contributed by atoms with Crippen molar-refractivity contribution in [3.63, 3.8) is 0 Å². The summed E-state index contributed by atoms with van der Waals surface area (Å²) in [7, 11) is 0. The summed E-state index contributed by atoms with van der Waals surface area (Å²) in [5, 5.41) is 13.4. The predicted octanol–water partition coefficient (Wildman–Crippen LogP) is 0.762. The van der Waals surface area contributed by atoms with Gasteiger partial charge in [-0.3, -0.25) is 19.1 Å². The SMILES string of the molecule is C=CCN1C[C@@H](NC(=O)c2ccc(-n3cnnc3)cc2)C[C@H]1C(=O)NCC. The van der Waals surface area contributed by atoms with Crippen molar-refractivity contribution in [3.8, 4) is 5.69 Å². The number of rotatable bonds is 7. The Kier molecular flexibility index (Phi) is 5.97. The van der Waals surface area contributed by atoms with Crippen molar-refractivity contribution in [3.05, 3.63) is 55.1 Å². The molecule has 0 bridgehead atoms. The lowest BCUT2D eigenvalue weighted by atomic mass is 10.1. The number of nitrogens with one attached hydrogen (secondary N) is 2. The minimum Gasteiger partial charge on any atom is -0.355 e. The van der Waals surface area contributed by atoms with Crippen LogP contribution in [-0.4, -0.2) is 63.2 Å². The molecule has 2 heterocycles. The highest BCUT2D eigenvalue weighted by molar-refractivity contribution is 5.94. The van der Waals surface area contributed by atoms with E-state index in [0.717, 1.165) is 5.69 Å². The number of hydrogen-bond donors (Lipinski definition) is 2. The van der Waals surface area contributed by atoms with Crippen molar-refractivity contribution >= 4 is 11.8 Å². The second kappa shape index (κ2) is 8.59. The number of hydrogen-bond acceptors (Lipinski definition) is 5. The van der Waals surface area contributed by atoms with Gasteiger partial charge in [-0.25, -0.2) is 0 Å². The zero-order chi connectivity index (χ0) is 19.2. The van der Waals surface area contributed by atoms with E-state index in [1.165, 1.54) is 0 Å². The van der Waals surface area contributed by atoms with E-state index in [1.807, 2.05) is 24.0 Å². The molecule has 1 fully saturated rings. The number of aromatic nitrogens is 3. The number of carbonyl (C=O) groups excluding carboxylic acids is 2. The van der Waals surface area contributed by atoms with Crippen LogP contribution in [0.2, 0.25) is 0 Å². The zero-order valence-electron chi connectivity index (χ0n) is 15.3. The molecule has 0 unspecified atom stereocenters. The summed E-state index contributed by atoms with van der Waals surface area (Å²) in [5.74, 6) is -0.153. The van der Waals surface area contributed by atoms with Gasteiger partial charge >= 0.3 is 0 Å². The first-order chi connectivity index (χ1) is 13.1. The first-order valence-corrected chi connectivity index (χ1v) is 9.01. The molecule has 0 aliphatic carbocycles. The van der Waals surface area contributed by atoms with E-state index in [1.54, 1.807) is 35.4 Å². The van der Waals surface area contributed by atoms with Crippen LogP contribution >= 0.6 is 0 Å². The predicted molar refractivity (Wildman–Crippen MR) is 101 cm³/mol. The molecular weight excluding hydrogens is 344 g/mol. The van der Waals surface area contributed by atoms with Crippen LogP contribution in [0.4, 0.5) is 0 Å². The van der Waals surface area contributed by atoms with E-state index >= 15 is 0 Å². The lowest BCUT2D eigenvalue weighted by Crippen LogP contribution is -2.43. The first-order valence-electron chi connectivity index (χ1n) is 9.01. The van der Waals surface area contributed by atoms with Gasteiger partial charge in [0.1, 0.15) is 12.7 Å². The fraction of sp³-hybridized carbons (Fsp3) is 0.368. The van der Waals surface area contributed by atoms with Crippen molar-refractivity contribution in [1.82, 2.24) is 30.3 Å². The second-order valence-electron chi connectivity index (χ2n) is 6.48. The third-order valence-electron chi connectivity index (χ3n) is 4.60. The van der Waals surface area contributed by atoms with E-state index in [2.05, 4.69) is 27.4 Å². The fourth-order valence-corrected chi connectivity index (χ4v) is 3.33. The van der Waals surface area contributed by atoms with Crippen molar-refractivity contribution < 1.29 is 9.59 Å². The van der Waals surface area contributed by atoms with Crippen LogP contribution in [-0.2, 0) is 4.79 Å². The Morgan fingerprint density at radius 3 is 2.59 bits per heavy atom. The first kappa shape index (κ1) is 18.8. The van der Waals surface area contributed by atoms with Gasteiger partial charge in [-0.1, -0.05) is 6.08 Å². The van der Waals surface area contributed by atoms with Gasteiger partial charge in [0, 0.05) is 36.9 Å². The van der Waals surface area contributed by atoms with Crippen LogP contribution in [0, 0.1) is 0 Å². The van der Waals surface area contributed by atoms with Gasteiger partial charge in [0.2, 0.25) is 5.91 Å². The van der Waals surface area contributed by atoms with E-state index < -0.39 is 0 Å². The molecule has 2 amide bonds. The minimum absolute atomic E-state index is 0.00519. The highest BCUT2D eigenvalue weighted by Crippen LogP contribution is 2.19. The molecule has 27 heavy (non-hydrogen) atoms. The smallest absolute Gasteiger partial charge is 0.251 e. The molecule has 2 aromatic rings. The number of likely N-dealkylation sites (tertiary alicyclic amines) is 1. The van der Waals surface area contributed by atoms with E-state index in [4.69, 9.17) is 0 Å². The van der Waals surface area contributed by atoms with Crippen LogP contribution in [0.5, 0.6) is 0 Å². The molecule has 1 saturated heterocycles. The fourth-order valence-electron chi connectivity index (χ4n) is 3.33. The van der Waals surface area contributed by atoms with Gasteiger partial charge < -0.3 is 10.6 Å². The number of benzene rings is 1. The van der Waals surface area contributed by atoms with Gasteiger partial charge in [0.25, 0.3) is 5.91 Å². The molecule has 0 radical (unpaired) electrons. The molecule has 8 nitrogen and oxygen atoms in total. The van der Waals surface area contributed by atoms with Gasteiger partial charge in [0.05, 0.1) is 6.04 Å². The molecule has 2 atom stereocenters. The lowest BCUT2D eigenvalue weighted by Gasteiger charge is -2.21. The topological polar surface area (TPSA) is 92.2 Å². The van der Waals surface area contributed by atoms with Gasteiger partial charge in [-0.15, -0.1) is 16.8 Å². The van der Waals surface area contributed by atoms with Crippen molar-refractivity contribution in [2.75, 3.05) is 19.6 Å². The molecular formula is C19H24N6O2. The van der Waals surface area contributed by atoms with Crippen molar-refractivity contribution in [2.24, 2.45) is 0 Å². The van der Waals surface area contributed by atoms with Crippen molar-refractivity contribution in [1.29, 1.82) is 0 Å². The highest BCUT2D eigenvalue weighted by Gasteiger charge is 2.36. The lowest BCUT2D eigenvalue weighted by molar-refractivity contribution is -0.125. The van der Waals surface area contributed by atoms with Gasteiger partial charge in [0.15, 0.2) is 0 Å². The van der Waals surface area contributed by atoms with E-state index in [-0.39, 0.29) is 23.9 Å². The Balaban J connectivity index is 1.63. The summed E-state index contributed by atoms with van der Waals surface area (Å²) >= 11 is 0. The average Bonchev–Trinajstić information content (AvgIpc) is 3.33. The molecule has 1 aliphatic heterocycles. The normalized spacial score (nSPS) is 19.6. The molecule has 8 heteroatoms. The standard InChI is InChI=1S/C19H24N6O2/c1-3-9-24-11-15(10-17(24)19(27)20-4-2)23-18(26)14-5-7-16(8-6-14)25-12-21-22-13-25/h3,5-8,12-13,15,17H,1,4,9-11H2,2H3,(H,20,27)(H,23,26)/t15-,17-/m0/s1. The monoisotopic (exact) mass is 368 g/mol.